The highest BCUT2D eigenvalue weighted by molar-refractivity contribution is 7.99. The van der Waals surface area contributed by atoms with Crippen molar-refractivity contribution in [1.82, 2.24) is 9.97 Å². The monoisotopic (exact) mass is 585 g/mol. The van der Waals surface area contributed by atoms with E-state index in [1.165, 1.54) is 35.0 Å². The number of benzene rings is 2. The maximum Gasteiger partial charge on any atom is 0.433 e. The molecule has 0 bridgehead atoms. The molecule has 5 rings (SSSR count). The number of thioether (sulfide) groups is 1. The number of fused-ring (bicyclic) bond motifs is 2. The number of anilines is 2. The number of hydrogen-bond acceptors (Lipinski definition) is 6. The van der Waals surface area contributed by atoms with Gasteiger partial charge in [0.2, 0.25) is 0 Å². The summed E-state index contributed by atoms with van der Waals surface area (Å²) in [4.78, 5) is 23.4. The van der Waals surface area contributed by atoms with Gasteiger partial charge in [-0.15, -0.1) is 11.8 Å². The number of carbonyl (C=O) groups excluding carboxylic acids is 1. The SMILES string of the molecule is CNc1c(C=N)c(C)nc2cc(CN(C(=O)c3ccc(C(F)(F)F)nc3)c3cccc4c3SCCC4(F)F)ccc12. The Hall–Kier alpha value is -4.06. The fraction of sp³-hybridized carbons (Fsp3) is 0.241. The summed E-state index contributed by atoms with van der Waals surface area (Å²) in [7, 11) is 1.74. The minimum absolute atomic E-state index is 0.0691. The Morgan fingerprint density at radius 2 is 1.98 bits per heavy atom. The van der Waals surface area contributed by atoms with Gasteiger partial charge in [0.25, 0.3) is 11.8 Å². The molecule has 1 aliphatic rings. The average Bonchev–Trinajstić information content (AvgIpc) is 2.94. The lowest BCUT2D eigenvalue weighted by Crippen LogP contribution is -2.32. The van der Waals surface area contributed by atoms with Gasteiger partial charge in [-0.3, -0.25) is 14.8 Å². The normalized spacial score (nSPS) is 14.4. The number of halogens is 5. The predicted octanol–water partition coefficient (Wildman–Crippen LogP) is 7.43. The molecule has 0 atom stereocenters. The largest absolute Gasteiger partial charge is 0.433 e. The van der Waals surface area contributed by atoms with Crippen LogP contribution in [0, 0.1) is 12.3 Å². The van der Waals surface area contributed by atoms with Gasteiger partial charge in [-0.05, 0) is 36.8 Å². The molecule has 6 nitrogen and oxygen atoms in total. The maximum atomic E-state index is 14.8. The second kappa shape index (κ2) is 10.7. The Morgan fingerprint density at radius 3 is 2.63 bits per heavy atom. The van der Waals surface area contributed by atoms with E-state index in [4.69, 9.17) is 5.41 Å². The zero-order valence-corrected chi connectivity index (χ0v) is 22.8. The number of nitrogens with one attached hydrogen (secondary N) is 2. The standard InChI is InChI=1S/C29H24F5N5OS/c1-16-20(13-35)25(36-2)19-8-6-17(12-22(19)38-16)15-39(27(40)18-7-9-24(37-14-18)29(32,33)34)23-5-3-4-21-26(23)41-11-10-28(21,30)31/h3-9,12-14,35H,10-11,15H2,1-2H3,(H,36,38). The summed E-state index contributed by atoms with van der Waals surface area (Å²) in [6.45, 7) is 1.70. The van der Waals surface area contributed by atoms with Gasteiger partial charge in [0.15, 0.2) is 0 Å². The molecule has 3 heterocycles. The quantitative estimate of drug-likeness (QED) is 0.182. The van der Waals surface area contributed by atoms with E-state index in [-0.39, 0.29) is 40.4 Å². The zero-order valence-electron chi connectivity index (χ0n) is 21.9. The first kappa shape index (κ1) is 28.5. The number of carbonyl (C=O) groups is 1. The lowest BCUT2D eigenvalue weighted by Gasteiger charge is -2.31. The lowest BCUT2D eigenvalue weighted by atomic mass is 10.0. The number of aryl methyl sites for hydroxylation is 1. The van der Waals surface area contributed by atoms with Crippen LogP contribution in [0.25, 0.3) is 10.9 Å². The summed E-state index contributed by atoms with van der Waals surface area (Å²) in [6, 6.07) is 11.4. The smallest absolute Gasteiger partial charge is 0.387 e. The number of amides is 1. The van der Waals surface area contributed by atoms with Gasteiger partial charge in [0.1, 0.15) is 5.69 Å². The fourth-order valence-electron chi connectivity index (χ4n) is 4.88. The first-order valence-corrected chi connectivity index (χ1v) is 13.5. The van der Waals surface area contributed by atoms with Crippen LogP contribution in [0.5, 0.6) is 0 Å². The van der Waals surface area contributed by atoms with Crippen molar-refractivity contribution in [2.75, 3.05) is 23.0 Å². The number of hydrogen-bond donors (Lipinski definition) is 2. The number of pyridine rings is 2. The van der Waals surface area contributed by atoms with Crippen LogP contribution in [0.1, 0.15) is 44.9 Å². The van der Waals surface area contributed by atoms with Crippen molar-refractivity contribution in [2.24, 2.45) is 0 Å². The summed E-state index contributed by atoms with van der Waals surface area (Å²) in [6.07, 6.45) is -2.96. The summed E-state index contributed by atoms with van der Waals surface area (Å²) in [5, 5.41) is 11.6. The van der Waals surface area contributed by atoms with Crippen LogP contribution in [0.15, 0.2) is 59.6 Å². The minimum atomic E-state index is -4.68. The molecule has 0 unspecified atom stereocenters. The van der Waals surface area contributed by atoms with E-state index in [1.807, 2.05) is 0 Å². The molecule has 41 heavy (non-hydrogen) atoms. The highest BCUT2D eigenvalue weighted by Gasteiger charge is 2.39. The van der Waals surface area contributed by atoms with Gasteiger partial charge in [-0.1, -0.05) is 24.3 Å². The maximum absolute atomic E-state index is 14.8. The predicted molar refractivity (Wildman–Crippen MR) is 149 cm³/mol. The van der Waals surface area contributed by atoms with E-state index in [2.05, 4.69) is 15.3 Å². The molecule has 4 aromatic rings. The van der Waals surface area contributed by atoms with Gasteiger partial charge < -0.3 is 15.6 Å². The Labute approximate surface area is 236 Å². The Bertz CT molecular complexity index is 1660. The second-order valence-electron chi connectivity index (χ2n) is 9.51. The third-order valence-corrected chi connectivity index (χ3v) is 8.03. The van der Waals surface area contributed by atoms with Crippen molar-refractivity contribution < 1.29 is 26.7 Å². The summed E-state index contributed by atoms with van der Waals surface area (Å²) < 4.78 is 68.9. The van der Waals surface area contributed by atoms with Crippen LogP contribution in [-0.4, -0.2) is 34.9 Å². The Morgan fingerprint density at radius 1 is 1.20 bits per heavy atom. The van der Waals surface area contributed by atoms with Crippen LogP contribution in [0.3, 0.4) is 0 Å². The average molecular weight is 586 g/mol. The van der Waals surface area contributed by atoms with Gasteiger partial charge in [-0.25, -0.2) is 8.78 Å². The van der Waals surface area contributed by atoms with Crippen LogP contribution in [-0.2, 0) is 18.6 Å². The molecule has 2 aromatic carbocycles. The van der Waals surface area contributed by atoms with Gasteiger partial charge in [0, 0.05) is 58.7 Å². The Balaban J connectivity index is 1.62. The van der Waals surface area contributed by atoms with E-state index in [0.717, 1.165) is 23.7 Å². The van der Waals surface area contributed by atoms with Crippen molar-refractivity contribution in [2.45, 2.75) is 36.9 Å². The third kappa shape index (κ3) is 5.35. The second-order valence-corrected chi connectivity index (χ2v) is 10.6. The molecule has 0 aliphatic carbocycles. The van der Waals surface area contributed by atoms with Crippen molar-refractivity contribution >= 4 is 46.2 Å². The van der Waals surface area contributed by atoms with E-state index in [0.29, 0.717) is 28.0 Å². The third-order valence-electron chi connectivity index (χ3n) is 6.90. The molecule has 0 fully saturated rings. The fourth-order valence-corrected chi connectivity index (χ4v) is 6.14. The van der Waals surface area contributed by atoms with E-state index in [9.17, 15) is 26.7 Å². The molecular formula is C29H24F5N5OS. The number of nitrogens with zero attached hydrogens (tertiary/aromatic N) is 3. The van der Waals surface area contributed by atoms with Crippen molar-refractivity contribution in [3.63, 3.8) is 0 Å². The first-order chi connectivity index (χ1) is 19.4. The molecule has 0 radical (unpaired) electrons. The van der Waals surface area contributed by atoms with Gasteiger partial charge in [-0.2, -0.15) is 13.2 Å². The van der Waals surface area contributed by atoms with Crippen LogP contribution < -0.4 is 10.2 Å². The Kier molecular flexibility index (Phi) is 7.45. The van der Waals surface area contributed by atoms with E-state index >= 15 is 0 Å². The van der Waals surface area contributed by atoms with Crippen molar-refractivity contribution in [3.8, 4) is 0 Å². The molecular weight excluding hydrogens is 561 g/mol. The number of alkyl halides is 5. The molecule has 2 N–H and O–H groups in total. The highest BCUT2D eigenvalue weighted by atomic mass is 32.2. The lowest BCUT2D eigenvalue weighted by molar-refractivity contribution is -0.141. The summed E-state index contributed by atoms with van der Waals surface area (Å²) >= 11 is 1.21. The molecule has 0 saturated carbocycles. The molecule has 0 saturated heterocycles. The van der Waals surface area contributed by atoms with Crippen LogP contribution in [0.4, 0.5) is 33.3 Å². The number of rotatable bonds is 6. The van der Waals surface area contributed by atoms with Crippen molar-refractivity contribution in [1.29, 1.82) is 5.41 Å². The first-order valence-electron chi connectivity index (χ1n) is 12.6. The molecule has 12 heteroatoms. The van der Waals surface area contributed by atoms with Crippen molar-refractivity contribution in [3.05, 3.63) is 88.4 Å². The van der Waals surface area contributed by atoms with Gasteiger partial charge in [0.05, 0.1) is 29.0 Å². The molecule has 2 aromatic heterocycles. The summed E-state index contributed by atoms with van der Waals surface area (Å²) in [5.74, 6) is -3.63. The summed E-state index contributed by atoms with van der Waals surface area (Å²) in [5.41, 5.74) is 1.95. The van der Waals surface area contributed by atoms with Crippen LogP contribution >= 0.6 is 11.8 Å². The van der Waals surface area contributed by atoms with E-state index in [1.54, 1.807) is 38.2 Å². The highest BCUT2D eigenvalue weighted by Crippen LogP contribution is 2.48. The number of aromatic nitrogens is 2. The molecule has 0 spiro atoms. The topological polar surface area (TPSA) is 82.0 Å². The zero-order chi connectivity index (χ0) is 29.5. The van der Waals surface area contributed by atoms with Gasteiger partial charge >= 0.3 is 6.18 Å². The molecule has 212 valence electrons. The van der Waals surface area contributed by atoms with Crippen LogP contribution in [0.2, 0.25) is 0 Å². The minimum Gasteiger partial charge on any atom is -0.387 e. The molecule has 1 amide bonds. The molecule has 1 aliphatic heterocycles. The van der Waals surface area contributed by atoms with E-state index < -0.39 is 23.7 Å².